The van der Waals surface area contributed by atoms with Gasteiger partial charge in [0.2, 0.25) is 0 Å². The number of hydrogen-bond donors (Lipinski definition) is 1. The van der Waals surface area contributed by atoms with Crippen LogP contribution in [0.4, 0.5) is 11.5 Å². The predicted molar refractivity (Wildman–Crippen MR) is 78.6 cm³/mol. The van der Waals surface area contributed by atoms with Crippen molar-refractivity contribution >= 4 is 34.1 Å². The highest BCUT2D eigenvalue weighted by molar-refractivity contribution is 6.32. The second-order valence-electron chi connectivity index (χ2n) is 4.07. The molecule has 0 aliphatic rings. The lowest BCUT2D eigenvalue weighted by molar-refractivity contribution is 0.415. The van der Waals surface area contributed by atoms with Gasteiger partial charge in [-0.1, -0.05) is 11.6 Å². The van der Waals surface area contributed by atoms with Gasteiger partial charge in [-0.25, -0.2) is 9.97 Å². The number of methoxy groups -OCH3 is 1. The van der Waals surface area contributed by atoms with E-state index in [9.17, 15) is 0 Å². The third-order valence-corrected chi connectivity index (χ3v) is 3.10. The van der Waals surface area contributed by atoms with Gasteiger partial charge in [-0.2, -0.15) is 0 Å². The van der Waals surface area contributed by atoms with Crippen molar-refractivity contribution in [2.24, 2.45) is 0 Å². The number of fused-ring (bicyclic) bond motifs is 1. The van der Waals surface area contributed by atoms with Gasteiger partial charge in [-0.15, -0.1) is 0 Å². The largest absolute Gasteiger partial charge is 0.495 e. The molecule has 0 atom stereocenters. The van der Waals surface area contributed by atoms with Crippen LogP contribution in [0.3, 0.4) is 0 Å². The van der Waals surface area contributed by atoms with E-state index in [4.69, 9.17) is 16.3 Å². The number of benzene rings is 1. The third kappa shape index (κ3) is 2.35. The highest BCUT2D eigenvalue weighted by Crippen LogP contribution is 2.29. The number of halogens is 1. The van der Waals surface area contributed by atoms with Crippen molar-refractivity contribution in [2.75, 3.05) is 12.4 Å². The van der Waals surface area contributed by atoms with E-state index in [0.717, 1.165) is 11.2 Å². The van der Waals surface area contributed by atoms with Gasteiger partial charge >= 0.3 is 0 Å². The number of hydrogen-bond acceptors (Lipinski definition) is 5. The Morgan fingerprint density at radius 1 is 1.15 bits per heavy atom. The van der Waals surface area contributed by atoms with E-state index in [0.29, 0.717) is 22.1 Å². The number of rotatable bonds is 3. The lowest BCUT2D eigenvalue weighted by Gasteiger charge is -2.09. The van der Waals surface area contributed by atoms with Crippen molar-refractivity contribution in [3.8, 4) is 5.75 Å². The Balaban J connectivity index is 1.99. The molecule has 5 nitrogen and oxygen atoms in total. The van der Waals surface area contributed by atoms with Gasteiger partial charge in [-0.3, -0.25) is 4.98 Å². The summed E-state index contributed by atoms with van der Waals surface area (Å²) in [6, 6.07) is 9.15. The molecule has 0 fully saturated rings. The van der Waals surface area contributed by atoms with Crippen LogP contribution in [0.5, 0.6) is 5.75 Å². The molecule has 6 heteroatoms. The van der Waals surface area contributed by atoms with Crippen molar-refractivity contribution in [3.63, 3.8) is 0 Å². The molecule has 0 amide bonds. The first-order chi connectivity index (χ1) is 9.78. The molecule has 0 saturated heterocycles. The molecule has 2 aromatic heterocycles. The second-order valence-corrected chi connectivity index (χ2v) is 4.47. The van der Waals surface area contributed by atoms with Crippen LogP contribution in [0.25, 0.3) is 11.0 Å². The van der Waals surface area contributed by atoms with E-state index in [1.165, 1.54) is 6.33 Å². The fourth-order valence-corrected chi connectivity index (χ4v) is 2.12. The van der Waals surface area contributed by atoms with Crippen LogP contribution in [0.2, 0.25) is 5.02 Å². The summed E-state index contributed by atoms with van der Waals surface area (Å²) in [5, 5.41) is 3.72. The summed E-state index contributed by atoms with van der Waals surface area (Å²) < 4.78 is 5.12. The van der Waals surface area contributed by atoms with Crippen LogP contribution in [0.15, 0.2) is 42.9 Å². The average Bonchev–Trinajstić information content (AvgIpc) is 2.48. The molecule has 20 heavy (non-hydrogen) atoms. The third-order valence-electron chi connectivity index (χ3n) is 2.81. The van der Waals surface area contributed by atoms with Crippen molar-refractivity contribution in [1.82, 2.24) is 15.0 Å². The first-order valence-corrected chi connectivity index (χ1v) is 6.32. The molecule has 3 rings (SSSR count). The molecular formula is C14H11ClN4O. The fraction of sp³-hybridized carbons (Fsp3) is 0.0714. The van der Waals surface area contributed by atoms with Crippen molar-refractivity contribution < 1.29 is 4.74 Å². The Morgan fingerprint density at radius 3 is 2.85 bits per heavy atom. The van der Waals surface area contributed by atoms with Gasteiger partial charge in [-0.05, 0) is 30.3 Å². The Bertz CT molecular complexity index is 758. The molecule has 0 radical (unpaired) electrons. The minimum atomic E-state index is 0.531. The molecule has 0 spiro atoms. The molecule has 2 heterocycles. The van der Waals surface area contributed by atoms with E-state index in [2.05, 4.69) is 20.3 Å². The predicted octanol–water partition coefficient (Wildman–Crippen LogP) is 3.43. The Labute approximate surface area is 120 Å². The van der Waals surface area contributed by atoms with E-state index in [1.54, 1.807) is 25.4 Å². The maximum absolute atomic E-state index is 6.10. The van der Waals surface area contributed by atoms with Gasteiger partial charge in [0.25, 0.3) is 0 Å². The van der Waals surface area contributed by atoms with Crippen molar-refractivity contribution in [2.45, 2.75) is 0 Å². The molecular weight excluding hydrogens is 276 g/mol. The maximum atomic E-state index is 6.10. The maximum Gasteiger partial charge on any atom is 0.160 e. The highest BCUT2D eigenvalue weighted by atomic mass is 35.5. The summed E-state index contributed by atoms with van der Waals surface area (Å²) in [5.74, 6) is 1.26. The first-order valence-electron chi connectivity index (χ1n) is 5.94. The SMILES string of the molecule is COc1ccc(Nc2ncnc3cccnc23)cc1Cl. The van der Waals surface area contributed by atoms with Gasteiger partial charge < -0.3 is 10.1 Å². The molecule has 1 N–H and O–H groups in total. The van der Waals surface area contributed by atoms with Crippen molar-refractivity contribution in [3.05, 3.63) is 47.9 Å². The standard InChI is InChI=1S/C14H11ClN4O/c1-20-12-5-4-9(7-10(12)15)19-14-13-11(17-8-18-14)3-2-6-16-13/h2-8H,1H3,(H,17,18,19). The van der Waals surface area contributed by atoms with Crippen LogP contribution in [-0.4, -0.2) is 22.1 Å². The van der Waals surface area contributed by atoms with E-state index >= 15 is 0 Å². The fourth-order valence-electron chi connectivity index (χ4n) is 1.87. The topological polar surface area (TPSA) is 59.9 Å². The monoisotopic (exact) mass is 286 g/mol. The zero-order valence-electron chi connectivity index (χ0n) is 10.7. The summed E-state index contributed by atoms with van der Waals surface area (Å²) >= 11 is 6.10. The van der Waals surface area contributed by atoms with Gasteiger partial charge in [0.15, 0.2) is 5.82 Å². The highest BCUT2D eigenvalue weighted by Gasteiger charge is 2.06. The second kappa shape index (κ2) is 5.30. The minimum absolute atomic E-state index is 0.531. The van der Waals surface area contributed by atoms with E-state index in [-0.39, 0.29) is 0 Å². The molecule has 0 bridgehead atoms. The van der Waals surface area contributed by atoms with Crippen LogP contribution in [0.1, 0.15) is 0 Å². The van der Waals surface area contributed by atoms with Crippen LogP contribution in [0, 0.1) is 0 Å². The van der Waals surface area contributed by atoms with Gasteiger partial charge in [0.1, 0.15) is 17.6 Å². The molecule has 3 aromatic rings. The number of anilines is 2. The van der Waals surface area contributed by atoms with Crippen LogP contribution in [-0.2, 0) is 0 Å². The lowest BCUT2D eigenvalue weighted by atomic mass is 10.3. The smallest absolute Gasteiger partial charge is 0.160 e. The normalized spacial score (nSPS) is 10.5. The Morgan fingerprint density at radius 2 is 2.05 bits per heavy atom. The van der Waals surface area contributed by atoms with Gasteiger partial charge in [0.05, 0.1) is 17.6 Å². The Hall–Kier alpha value is -2.40. The summed E-state index contributed by atoms with van der Waals surface area (Å²) in [6.07, 6.45) is 3.20. The summed E-state index contributed by atoms with van der Waals surface area (Å²) in [5.41, 5.74) is 2.30. The van der Waals surface area contributed by atoms with E-state index < -0.39 is 0 Å². The molecule has 100 valence electrons. The van der Waals surface area contributed by atoms with E-state index in [1.807, 2.05) is 18.2 Å². The number of nitrogens with zero attached hydrogens (tertiary/aromatic N) is 3. The molecule has 1 aromatic carbocycles. The molecule has 0 aliphatic heterocycles. The summed E-state index contributed by atoms with van der Waals surface area (Å²) in [7, 11) is 1.58. The number of pyridine rings is 1. The zero-order valence-corrected chi connectivity index (χ0v) is 11.4. The minimum Gasteiger partial charge on any atom is -0.495 e. The average molecular weight is 287 g/mol. The van der Waals surface area contributed by atoms with Gasteiger partial charge in [0, 0.05) is 11.9 Å². The van der Waals surface area contributed by atoms with Crippen molar-refractivity contribution in [1.29, 1.82) is 0 Å². The Kier molecular flexibility index (Phi) is 3.35. The quantitative estimate of drug-likeness (QED) is 0.799. The first kappa shape index (κ1) is 12.6. The number of nitrogens with one attached hydrogen (secondary N) is 1. The molecule has 0 aliphatic carbocycles. The molecule has 0 saturated carbocycles. The lowest BCUT2D eigenvalue weighted by Crippen LogP contribution is -1.97. The summed E-state index contributed by atoms with van der Waals surface area (Å²) in [4.78, 5) is 12.7. The summed E-state index contributed by atoms with van der Waals surface area (Å²) in [6.45, 7) is 0. The molecule has 0 unspecified atom stereocenters. The van der Waals surface area contributed by atoms with Crippen LogP contribution >= 0.6 is 11.6 Å². The number of ether oxygens (including phenoxy) is 1. The zero-order chi connectivity index (χ0) is 13.9. The number of aromatic nitrogens is 3. The van der Waals surface area contributed by atoms with Crippen LogP contribution < -0.4 is 10.1 Å².